The SMILES string of the molecule is O=c1c(Cl)c(Cl)cnn1-c1ccc(NC(C2CC2)C2CC2)c(Cl)c1. The van der Waals surface area contributed by atoms with Gasteiger partial charge in [0.05, 0.1) is 27.6 Å². The van der Waals surface area contributed by atoms with Crippen LogP contribution in [0, 0.1) is 11.8 Å². The number of nitrogens with one attached hydrogen (secondary N) is 1. The summed E-state index contributed by atoms with van der Waals surface area (Å²) in [6.07, 6.45) is 6.54. The Bertz CT molecular complexity index is 831. The Labute approximate surface area is 154 Å². The van der Waals surface area contributed by atoms with Crippen molar-refractivity contribution in [2.24, 2.45) is 11.8 Å². The molecule has 0 aliphatic heterocycles. The molecule has 4 nitrogen and oxygen atoms in total. The maximum absolute atomic E-state index is 12.2. The maximum Gasteiger partial charge on any atom is 0.291 e. The first-order valence-corrected chi connectivity index (χ1v) is 9.18. The minimum atomic E-state index is -0.463. The molecule has 2 saturated carbocycles. The molecule has 1 N–H and O–H groups in total. The Morgan fingerprint density at radius 2 is 1.75 bits per heavy atom. The smallest absolute Gasteiger partial charge is 0.291 e. The quantitative estimate of drug-likeness (QED) is 0.806. The molecule has 0 atom stereocenters. The molecule has 1 aromatic carbocycles. The van der Waals surface area contributed by atoms with Gasteiger partial charge in [-0.3, -0.25) is 4.79 Å². The summed E-state index contributed by atoms with van der Waals surface area (Å²) in [5.74, 6) is 1.54. The first-order chi connectivity index (χ1) is 11.5. The summed E-state index contributed by atoms with van der Waals surface area (Å²) in [4.78, 5) is 12.2. The number of benzene rings is 1. The van der Waals surface area contributed by atoms with Crippen LogP contribution in [-0.2, 0) is 0 Å². The van der Waals surface area contributed by atoms with Gasteiger partial charge in [0.15, 0.2) is 0 Å². The van der Waals surface area contributed by atoms with Crippen molar-refractivity contribution in [3.63, 3.8) is 0 Å². The lowest BCUT2D eigenvalue weighted by atomic mass is 10.1. The molecule has 2 fully saturated rings. The van der Waals surface area contributed by atoms with E-state index < -0.39 is 5.56 Å². The third kappa shape index (κ3) is 3.15. The third-order valence-electron chi connectivity index (χ3n) is 4.66. The summed E-state index contributed by atoms with van der Waals surface area (Å²) in [5.41, 5.74) is 0.996. The molecule has 1 aromatic heterocycles. The summed E-state index contributed by atoms with van der Waals surface area (Å²) < 4.78 is 1.20. The molecule has 0 unspecified atom stereocenters. The Kier molecular flexibility index (Phi) is 4.23. The highest BCUT2D eigenvalue weighted by Gasteiger charge is 2.41. The summed E-state index contributed by atoms with van der Waals surface area (Å²) in [6.45, 7) is 0. The number of nitrogens with zero attached hydrogens (tertiary/aromatic N) is 2. The van der Waals surface area contributed by atoms with Crippen molar-refractivity contribution in [1.29, 1.82) is 0 Å². The molecule has 2 aromatic rings. The van der Waals surface area contributed by atoms with E-state index in [1.807, 2.05) is 12.1 Å². The molecule has 7 heteroatoms. The first-order valence-electron chi connectivity index (χ1n) is 8.04. The van der Waals surface area contributed by atoms with Gasteiger partial charge in [0.25, 0.3) is 5.56 Å². The highest BCUT2D eigenvalue weighted by atomic mass is 35.5. The Morgan fingerprint density at radius 1 is 1.08 bits per heavy atom. The van der Waals surface area contributed by atoms with E-state index in [1.54, 1.807) is 6.07 Å². The molecule has 0 saturated heterocycles. The fourth-order valence-corrected chi connectivity index (χ4v) is 3.54. The largest absolute Gasteiger partial charge is 0.381 e. The minimum Gasteiger partial charge on any atom is -0.381 e. The second kappa shape index (κ2) is 6.25. The topological polar surface area (TPSA) is 46.9 Å². The normalized spacial score (nSPS) is 17.3. The molecule has 2 aliphatic rings. The van der Waals surface area contributed by atoms with Crippen LogP contribution in [0.4, 0.5) is 5.69 Å². The van der Waals surface area contributed by atoms with E-state index in [2.05, 4.69) is 10.4 Å². The van der Waals surface area contributed by atoms with Gasteiger partial charge in [0.1, 0.15) is 5.02 Å². The van der Waals surface area contributed by atoms with Crippen LogP contribution >= 0.6 is 34.8 Å². The van der Waals surface area contributed by atoms with Crippen LogP contribution in [0.1, 0.15) is 25.7 Å². The van der Waals surface area contributed by atoms with Crippen molar-refractivity contribution in [2.75, 3.05) is 5.32 Å². The fraction of sp³-hybridized carbons (Fsp3) is 0.412. The molecule has 1 heterocycles. The Hall–Kier alpha value is -1.23. The number of aromatic nitrogens is 2. The molecule has 0 radical (unpaired) electrons. The summed E-state index contributed by atoms with van der Waals surface area (Å²) in [6, 6.07) is 5.94. The van der Waals surface area contributed by atoms with Crippen molar-refractivity contribution < 1.29 is 0 Å². The molecule has 0 bridgehead atoms. The Balaban J connectivity index is 1.62. The van der Waals surface area contributed by atoms with Gasteiger partial charge in [-0.25, -0.2) is 0 Å². The Morgan fingerprint density at radius 3 is 2.33 bits per heavy atom. The lowest BCUT2D eigenvalue weighted by molar-refractivity contribution is 0.568. The van der Waals surface area contributed by atoms with E-state index in [9.17, 15) is 4.79 Å². The fourth-order valence-electron chi connectivity index (χ4n) is 3.06. The standard InChI is InChI=1S/C17H16Cl3N3O/c18-12-7-11(23-17(24)15(20)13(19)8-21-23)5-6-14(12)22-16(9-1-2-9)10-3-4-10/h5-10,16,22H,1-4H2. The minimum absolute atomic E-state index is 0.0486. The van der Waals surface area contributed by atoms with Gasteiger partial charge in [-0.2, -0.15) is 9.78 Å². The average Bonchev–Trinajstić information content (AvgIpc) is 3.45. The van der Waals surface area contributed by atoms with Gasteiger partial charge in [-0.1, -0.05) is 34.8 Å². The van der Waals surface area contributed by atoms with Crippen LogP contribution in [0.5, 0.6) is 0 Å². The molecule has 24 heavy (non-hydrogen) atoms. The first kappa shape index (κ1) is 16.2. The highest BCUT2D eigenvalue weighted by Crippen LogP contribution is 2.46. The predicted molar refractivity (Wildman–Crippen MR) is 97.7 cm³/mol. The van der Waals surface area contributed by atoms with Crippen molar-refractivity contribution in [3.05, 3.63) is 49.8 Å². The van der Waals surface area contributed by atoms with Crippen molar-refractivity contribution >= 4 is 40.5 Å². The highest BCUT2D eigenvalue weighted by molar-refractivity contribution is 6.41. The second-order valence-corrected chi connectivity index (χ2v) is 7.72. The maximum atomic E-state index is 12.2. The van der Waals surface area contributed by atoms with Gasteiger partial charge in [-0.05, 0) is 55.7 Å². The zero-order valence-corrected chi connectivity index (χ0v) is 15.1. The van der Waals surface area contributed by atoms with Crippen LogP contribution < -0.4 is 10.9 Å². The van der Waals surface area contributed by atoms with Crippen LogP contribution in [0.25, 0.3) is 5.69 Å². The zero-order valence-electron chi connectivity index (χ0n) is 12.8. The summed E-state index contributed by atoms with van der Waals surface area (Å²) in [7, 11) is 0. The van der Waals surface area contributed by atoms with Gasteiger partial charge in [0, 0.05) is 6.04 Å². The van der Waals surface area contributed by atoms with Crippen LogP contribution in [0.3, 0.4) is 0 Å². The number of hydrogen-bond donors (Lipinski definition) is 1. The zero-order chi connectivity index (χ0) is 16.8. The monoisotopic (exact) mass is 383 g/mol. The number of anilines is 1. The van der Waals surface area contributed by atoms with E-state index in [0.29, 0.717) is 16.8 Å². The van der Waals surface area contributed by atoms with E-state index in [0.717, 1.165) is 17.5 Å². The second-order valence-electron chi connectivity index (χ2n) is 6.53. The number of rotatable bonds is 5. The van der Waals surface area contributed by atoms with Gasteiger partial charge in [0.2, 0.25) is 0 Å². The average molecular weight is 385 g/mol. The van der Waals surface area contributed by atoms with Crippen LogP contribution in [0.2, 0.25) is 15.1 Å². The number of halogens is 3. The molecule has 0 spiro atoms. The van der Waals surface area contributed by atoms with Gasteiger partial charge < -0.3 is 5.32 Å². The van der Waals surface area contributed by atoms with Crippen molar-refractivity contribution in [2.45, 2.75) is 31.7 Å². The summed E-state index contributed by atoms with van der Waals surface area (Å²) >= 11 is 18.2. The molecular weight excluding hydrogens is 369 g/mol. The van der Waals surface area contributed by atoms with Gasteiger partial charge >= 0.3 is 0 Å². The summed E-state index contributed by atoms with van der Waals surface area (Å²) in [5, 5.41) is 8.28. The van der Waals surface area contributed by atoms with Crippen LogP contribution in [0.15, 0.2) is 29.2 Å². The van der Waals surface area contributed by atoms with Crippen molar-refractivity contribution in [3.8, 4) is 5.69 Å². The molecular formula is C17H16Cl3N3O. The van der Waals surface area contributed by atoms with Crippen LogP contribution in [-0.4, -0.2) is 15.8 Å². The molecule has 4 rings (SSSR count). The van der Waals surface area contributed by atoms with E-state index in [-0.39, 0.29) is 10.0 Å². The van der Waals surface area contributed by atoms with E-state index in [4.69, 9.17) is 34.8 Å². The molecule has 126 valence electrons. The van der Waals surface area contributed by atoms with Crippen molar-refractivity contribution in [1.82, 2.24) is 9.78 Å². The van der Waals surface area contributed by atoms with Gasteiger partial charge in [-0.15, -0.1) is 0 Å². The van der Waals surface area contributed by atoms with E-state index in [1.165, 1.54) is 36.6 Å². The third-order valence-corrected chi connectivity index (χ3v) is 5.72. The number of hydrogen-bond acceptors (Lipinski definition) is 3. The lowest BCUT2D eigenvalue weighted by Crippen LogP contribution is -2.24. The predicted octanol–water partition coefficient (Wildman–Crippen LogP) is 4.79. The lowest BCUT2D eigenvalue weighted by Gasteiger charge is -2.20. The molecule has 0 amide bonds. The molecule has 2 aliphatic carbocycles. The van der Waals surface area contributed by atoms with E-state index >= 15 is 0 Å².